The predicted octanol–water partition coefficient (Wildman–Crippen LogP) is 10.1. The summed E-state index contributed by atoms with van der Waals surface area (Å²) in [5.41, 5.74) is -9.09. The van der Waals surface area contributed by atoms with Crippen LogP contribution in [0.4, 0.5) is 0 Å². The summed E-state index contributed by atoms with van der Waals surface area (Å²) in [6.07, 6.45) is 7.37. The quantitative estimate of drug-likeness (QED) is 0.0259. The van der Waals surface area contributed by atoms with Gasteiger partial charge in [-0.15, -0.1) is 0 Å². The van der Waals surface area contributed by atoms with E-state index in [4.69, 9.17) is 18.9 Å². The third-order valence-corrected chi connectivity index (χ3v) is 28.2. The van der Waals surface area contributed by atoms with Gasteiger partial charge in [0.05, 0.1) is 70.6 Å². The molecule has 3 heterocycles. The van der Waals surface area contributed by atoms with Crippen molar-refractivity contribution in [3.05, 3.63) is 22.3 Å². The minimum Gasteiger partial charge on any atom is -0.457 e. The van der Waals surface area contributed by atoms with Crippen LogP contribution in [0.2, 0.25) is 0 Å². The second-order valence-corrected chi connectivity index (χ2v) is 32.6. The predicted molar refractivity (Wildman–Crippen MR) is 352 cm³/mol. The van der Waals surface area contributed by atoms with Gasteiger partial charge in [0, 0.05) is 243 Å². The molecule has 9 rings (SSSR count). The fourth-order valence-electron chi connectivity index (χ4n) is 20.9. The molecule has 9 aliphatic rings. The van der Waals surface area contributed by atoms with Crippen molar-refractivity contribution < 1.29 is 250 Å². The summed E-state index contributed by atoms with van der Waals surface area (Å²) in [5, 5.41) is 87.5. The SMILES string of the molecule is CCCCC1(C)N(C)C(=O)C1(C)CC.CCCCCNC(CCC)(CCCC)C(C)(CC)C(=O)OC1C[C@@]2(O)[C@@H](C)C3[C@]4(O)CO[C@@H]4C[C@H](O)[C@@]3(C)C(=O)[C@H](O)C(=C1C)C2(C)C.CO[C@H]1C[C@@]2(O)[C@@H](C)C3[C@]4(O)CO[C@@H]4C[C@H](C)[C@@]3(C)C(=O)[C@H](O)C(=C1C)C2(C)C.[Ac].[Ac].[Ac].[Ac]. The molecule has 7 fully saturated rings. The number of carbonyl (C=O) groups excluding carboxylic acids is 4. The Hall–Kier alpha value is 3.09. The van der Waals surface area contributed by atoms with Crippen LogP contribution >= 0.6 is 0 Å². The Morgan fingerprint density at radius 3 is 1.53 bits per heavy atom. The third-order valence-electron chi connectivity index (χ3n) is 28.2. The Bertz CT molecular complexity index is 2790. The van der Waals surface area contributed by atoms with Gasteiger partial charge < -0.3 is 64.9 Å². The van der Waals surface area contributed by atoms with E-state index in [1.807, 2.05) is 88.1 Å². The number of rotatable bonds is 19. The number of ketones is 2. The van der Waals surface area contributed by atoms with Crippen molar-refractivity contribution in [1.29, 1.82) is 0 Å². The standard InChI is InChI=1S/C39H67NO8.C23H36O6.C12H23NO.4Ac/c1-11-15-17-20-40-37(18-13-3,19-16-12-2)35(9,14-4)33(44)48-26-22-39(46)25(6)31-36(10,27(41)21-28-38(31,45)23-47-28)32(43)30(42)29(24(26)5)34(39,7)8;1-11-8-15-22(26,10-29-15)18-13(3)23(27)9-14(28-7)12(2)16(20(23,4)5)17(24)19(25)21(11,18)6;1-6-8-9-12(4)11(3,7-2)10(14)13(12)5;;;;/h25-28,30-31,40-42,45-46H,11-23H2,1-10H3;11,13-15,17-18,24,26-27H,8-10H2,1-7H3;6-9H2,1-5H3;;;;/t25-,26?,27-,28+,30+,31?,35?,36+,37?,38-,39+;11-,13-,14-,15+,17+,18?,21+,22-,23+;;;;;/m00...../s1. The van der Waals surface area contributed by atoms with Crippen molar-refractivity contribution in [2.75, 3.05) is 33.9 Å². The van der Waals surface area contributed by atoms with Gasteiger partial charge in [-0.1, -0.05) is 142 Å². The van der Waals surface area contributed by atoms with E-state index < -0.39 is 115 Å². The van der Waals surface area contributed by atoms with Gasteiger partial charge in [0.25, 0.3) is 0 Å². The zero-order valence-electron chi connectivity index (χ0n) is 62.7. The first-order valence-electron chi connectivity index (χ1n) is 35.5. The van der Waals surface area contributed by atoms with Crippen LogP contribution in [0.25, 0.3) is 0 Å². The van der Waals surface area contributed by atoms with Crippen molar-refractivity contribution in [3.63, 3.8) is 0 Å². The van der Waals surface area contributed by atoms with Crippen LogP contribution < -0.4 is 5.32 Å². The van der Waals surface area contributed by atoms with Crippen LogP contribution in [0, 0.1) is 238 Å². The minimum atomic E-state index is -1.66. The molecule has 0 aromatic heterocycles. The molecule has 0 aromatic carbocycles. The number of methoxy groups -OCH3 is 1. The van der Waals surface area contributed by atoms with Crippen molar-refractivity contribution in [1.82, 2.24) is 10.2 Å². The molecule has 22 atom stereocenters. The second kappa shape index (κ2) is 33.7. The zero-order valence-corrected chi connectivity index (χ0v) is 81.7. The van der Waals surface area contributed by atoms with E-state index in [1.165, 1.54) is 12.8 Å². The summed E-state index contributed by atoms with van der Waals surface area (Å²) in [4.78, 5) is 56.9. The summed E-state index contributed by atoms with van der Waals surface area (Å²) >= 11 is 0. The first-order chi connectivity index (χ1) is 42.1. The molecule has 7 unspecified atom stereocenters. The molecule has 3 saturated heterocycles. The van der Waals surface area contributed by atoms with Crippen LogP contribution in [0.1, 0.15) is 248 Å². The summed E-state index contributed by atoms with van der Waals surface area (Å²) in [6.45, 7) is 40.6. The van der Waals surface area contributed by atoms with E-state index in [2.05, 4.69) is 53.8 Å². The van der Waals surface area contributed by atoms with E-state index in [9.17, 15) is 54.9 Å². The first kappa shape index (κ1) is 92.3. The minimum absolute atomic E-state index is 0. The van der Waals surface area contributed by atoms with Crippen LogP contribution in [-0.4, -0.2) is 174 Å². The molecule has 1 amide bonds. The van der Waals surface area contributed by atoms with Crippen LogP contribution in [0.3, 0.4) is 0 Å². The van der Waals surface area contributed by atoms with E-state index in [1.54, 1.807) is 21.0 Å². The summed E-state index contributed by atoms with van der Waals surface area (Å²) < 4.78 is 23.6. The van der Waals surface area contributed by atoms with Crippen molar-refractivity contribution in [2.45, 2.75) is 324 Å². The van der Waals surface area contributed by atoms with Gasteiger partial charge >= 0.3 is 5.97 Å². The average molecular weight is 2190 g/mol. The number of aliphatic hydroxyl groups is 7. The first-order valence-corrected chi connectivity index (χ1v) is 35.5. The van der Waals surface area contributed by atoms with E-state index in [-0.39, 0.29) is 243 Å². The van der Waals surface area contributed by atoms with Crippen LogP contribution in [0.5, 0.6) is 0 Å². The topological polar surface area (TPSA) is 262 Å². The number of β-lactam (4-membered cyclic amide) rings is 1. The third kappa shape index (κ3) is 14.3. The van der Waals surface area contributed by atoms with E-state index >= 15 is 0 Å². The number of amides is 1. The Balaban J connectivity index is 0.000000423. The second-order valence-electron chi connectivity index (χ2n) is 32.6. The van der Waals surface area contributed by atoms with Gasteiger partial charge in [0.15, 0.2) is 11.6 Å². The van der Waals surface area contributed by atoms with Gasteiger partial charge in [-0.25, -0.2) is 0 Å². The van der Waals surface area contributed by atoms with Crippen LogP contribution in [-0.2, 0) is 38.1 Å². The maximum atomic E-state index is 14.7. The van der Waals surface area contributed by atoms with Gasteiger partial charge in [0.1, 0.15) is 29.5 Å². The number of likely N-dealkylation sites (tertiary alicyclic amines) is 1. The Morgan fingerprint density at radius 1 is 0.642 bits per heavy atom. The van der Waals surface area contributed by atoms with Gasteiger partial charge in [-0.05, 0) is 133 Å². The molecule has 0 spiro atoms. The van der Waals surface area contributed by atoms with Crippen molar-refractivity contribution >= 4 is 23.4 Å². The molecular weight excluding hydrogens is 2060 g/mol. The largest absolute Gasteiger partial charge is 0.457 e. The van der Waals surface area contributed by atoms with Gasteiger partial charge in [-0.2, -0.15) is 0 Å². The smallest absolute Gasteiger partial charge is 0.314 e. The number of unbranched alkanes of at least 4 members (excludes halogenated alkanes) is 4. The molecule has 17 nitrogen and oxygen atoms in total. The molecule has 21 heteroatoms. The number of hydrogen-bond acceptors (Lipinski definition) is 16. The van der Waals surface area contributed by atoms with Gasteiger partial charge in [0.2, 0.25) is 5.91 Å². The Morgan fingerprint density at radius 2 is 1.09 bits per heavy atom. The number of ether oxygens (including phenoxy) is 4. The average Bonchev–Trinajstić information content (AvgIpc) is 0.683. The Kier molecular flexibility index (Phi) is 32.7. The normalized spacial score (nSPS) is 42.2. The number of esters is 1. The molecule has 0 aromatic rings. The molecule has 6 aliphatic carbocycles. The summed E-state index contributed by atoms with van der Waals surface area (Å²) in [5.74, 6) is -3.54. The molecule has 4 radical (unpaired) electrons. The van der Waals surface area contributed by atoms with E-state index in [0.29, 0.717) is 41.9 Å². The molecule has 8 N–H and O–H groups in total. The molecule has 3 aliphatic heterocycles. The molecular formula is C74H126Ac4N2O15. The zero-order chi connectivity index (χ0) is 68.8. The van der Waals surface area contributed by atoms with E-state index in [0.717, 1.165) is 76.3 Å². The summed E-state index contributed by atoms with van der Waals surface area (Å²) in [6, 6.07) is 0. The van der Waals surface area contributed by atoms with Crippen molar-refractivity contribution in [3.8, 4) is 0 Å². The number of nitrogens with one attached hydrogen (secondary N) is 1. The van der Waals surface area contributed by atoms with Crippen molar-refractivity contribution in [2.24, 2.45) is 62.1 Å². The molecule has 95 heavy (non-hydrogen) atoms. The number of nitrogens with zero attached hydrogens (tertiary/aromatic N) is 1. The molecule has 4 saturated carbocycles. The molecule has 4 bridgehead atoms. The van der Waals surface area contributed by atoms with Gasteiger partial charge in [-0.3, -0.25) is 19.2 Å². The maximum absolute atomic E-state index is 14.7. The monoisotopic (exact) mass is 2190 g/mol. The number of carbonyl (C=O) groups is 4. The Labute approximate surface area is 715 Å². The van der Waals surface area contributed by atoms with Crippen LogP contribution in [0.15, 0.2) is 22.3 Å². The number of aliphatic hydroxyl groups excluding tert-OH is 3. The number of hydrogen-bond donors (Lipinski definition) is 8. The number of fused-ring (bicyclic) bond motifs is 10. The molecule has 534 valence electrons. The summed E-state index contributed by atoms with van der Waals surface area (Å²) in [7, 11) is 3.53. The fourth-order valence-corrected chi connectivity index (χ4v) is 20.9. The fraction of sp³-hybridized carbons (Fsp3) is 0.892. The number of Topliss-reactive ketones (excluding diaryl/α,β-unsaturated/α-hetero) is 2. The maximum Gasteiger partial charge on any atom is 0.314 e.